The van der Waals surface area contributed by atoms with E-state index in [4.69, 9.17) is 5.73 Å². The molecule has 6 heteroatoms. The van der Waals surface area contributed by atoms with Gasteiger partial charge in [-0.1, -0.05) is 12.1 Å². The summed E-state index contributed by atoms with van der Waals surface area (Å²) >= 11 is 3.28. The van der Waals surface area contributed by atoms with E-state index in [9.17, 15) is 4.79 Å². The van der Waals surface area contributed by atoms with E-state index in [1.54, 1.807) is 22.7 Å². The number of nitrogen functional groups attached to an aromatic ring is 1. The Morgan fingerprint density at radius 2 is 2.00 bits per heavy atom. The van der Waals surface area contributed by atoms with E-state index in [2.05, 4.69) is 27.7 Å². The highest BCUT2D eigenvalue weighted by molar-refractivity contribution is 7.18. The number of nitrogens with two attached hydrogens (primary N) is 1. The number of ketones is 1. The molecule has 1 saturated heterocycles. The molecule has 0 saturated carbocycles. The van der Waals surface area contributed by atoms with Crippen LogP contribution in [0.1, 0.15) is 15.2 Å². The monoisotopic (exact) mass is 383 g/mol. The standard InChI is InChI=1S/C20H21N3OS2/c21-16-4-3-14(18-2-1-11-25-18)12-15(16)13-17(24)19-5-6-20(26-19)23-9-7-22-8-10-23/h1-6,11-12,22H,7-10,13,21H2. The normalized spacial score (nSPS) is 14.5. The van der Waals surface area contributed by atoms with Crippen LogP contribution in [-0.4, -0.2) is 32.0 Å². The predicted octanol–water partition coefficient (Wildman–Crippen LogP) is 3.89. The number of Topliss-reactive ketones (excluding diaryl/α,β-unsaturated/α-hetero) is 1. The van der Waals surface area contributed by atoms with Gasteiger partial charge in [0.15, 0.2) is 5.78 Å². The summed E-state index contributed by atoms with van der Waals surface area (Å²) in [4.78, 5) is 17.1. The number of nitrogens with zero attached hydrogens (tertiary/aromatic N) is 1. The first-order valence-electron chi connectivity index (χ1n) is 8.72. The SMILES string of the molecule is Nc1ccc(-c2cccs2)cc1CC(=O)c1ccc(N2CCNCC2)s1. The van der Waals surface area contributed by atoms with Crippen molar-refractivity contribution in [1.82, 2.24) is 5.32 Å². The van der Waals surface area contributed by atoms with Crippen molar-refractivity contribution >= 4 is 39.1 Å². The number of hydrogen-bond acceptors (Lipinski definition) is 6. The Balaban J connectivity index is 1.51. The summed E-state index contributed by atoms with van der Waals surface area (Å²) in [5, 5.41) is 6.58. The Bertz CT molecular complexity index is 896. The molecule has 4 nitrogen and oxygen atoms in total. The van der Waals surface area contributed by atoms with Crippen molar-refractivity contribution < 1.29 is 4.79 Å². The maximum absolute atomic E-state index is 12.8. The molecule has 0 atom stereocenters. The van der Waals surface area contributed by atoms with Crippen LogP contribution in [0.25, 0.3) is 10.4 Å². The van der Waals surface area contributed by atoms with E-state index in [1.807, 2.05) is 30.3 Å². The lowest BCUT2D eigenvalue weighted by Crippen LogP contribution is -2.43. The zero-order valence-electron chi connectivity index (χ0n) is 14.4. The van der Waals surface area contributed by atoms with Crippen LogP contribution >= 0.6 is 22.7 Å². The van der Waals surface area contributed by atoms with Crippen LogP contribution in [0.15, 0.2) is 47.8 Å². The number of thiophene rings is 2. The van der Waals surface area contributed by atoms with Crippen LogP contribution in [0.4, 0.5) is 10.7 Å². The van der Waals surface area contributed by atoms with Gasteiger partial charge in [-0.25, -0.2) is 0 Å². The number of anilines is 2. The average molecular weight is 384 g/mol. The molecule has 1 aromatic carbocycles. The fourth-order valence-electron chi connectivity index (χ4n) is 3.15. The minimum absolute atomic E-state index is 0.131. The van der Waals surface area contributed by atoms with Gasteiger partial charge in [0.25, 0.3) is 0 Å². The van der Waals surface area contributed by atoms with Crippen LogP contribution in [0.3, 0.4) is 0 Å². The van der Waals surface area contributed by atoms with Crippen molar-refractivity contribution in [3.63, 3.8) is 0 Å². The number of carbonyl (C=O) groups is 1. The van der Waals surface area contributed by atoms with E-state index < -0.39 is 0 Å². The number of benzene rings is 1. The molecule has 2 aromatic heterocycles. The van der Waals surface area contributed by atoms with Crippen LogP contribution < -0.4 is 16.0 Å². The van der Waals surface area contributed by atoms with Gasteiger partial charge in [-0.2, -0.15) is 0 Å². The second-order valence-electron chi connectivity index (χ2n) is 6.37. The number of hydrogen-bond donors (Lipinski definition) is 2. The van der Waals surface area contributed by atoms with Gasteiger partial charge in [0.1, 0.15) is 0 Å². The third kappa shape index (κ3) is 3.67. The Labute approximate surface area is 161 Å². The van der Waals surface area contributed by atoms with Crippen molar-refractivity contribution in [3.8, 4) is 10.4 Å². The molecule has 3 heterocycles. The largest absolute Gasteiger partial charge is 0.398 e. The lowest BCUT2D eigenvalue weighted by molar-refractivity contribution is 0.0997. The average Bonchev–Trinajstić information content (AvgIpc) is 3.36. The van der Waals surface area contributed by atoms with Crippen LogP contribution in [0.2, 0.25) is 0 Å². The summed E-state index contributed by atoms with van der Waals surface area (Å²) in [6.07, 6.45) is 0.340. The summed E-state index contributed by atoms with van der Waals surface area (Å²) in [6, 6.07) is 14.1. The molecule has 0 aliphatic carbocycles. The van der Waals surface area contributed by atoms with Crippen molar-refractivity contribution in [1.29, 1.82) is 0 Å². The number of rotatable bonds is 5. The molecule has 1 fully saturated rings. The molecule has 0 amide bonds. The minimum Gasteiger partial charge on any atom is -0.398 e. The lowest BCUT2D eigenvalue weighted by atomic mass is 10.0. The Hall–Kier alpha value is -2.15. The van der Waals surface area contributed by atoms with E-state index in [0.29, 0.717) is 12.1 Å². The summed E-state index contributed by atoms with van der Waals surface area (Å²) < 4.78 is 0. The summed E-state index contributed by atoms with van der Waals surface area (Å²) in [5.74, 6) is 0.131. The van der Waals surface area contributed by atoms with E-state index in [-0.39, 0.29) is 5.78 Å². The van der Waals surface area contributed by atoms with Crippen LogP contribution in [-0.2, 0) is 6.42 Å². The summed E-state index contributed by atoms with van der Waals surface area (Å²) in [7, 11) is 0. The fourth-order valence-corrected chi connectivity index (χ4v) is 4.87. The zero-order valence-corrected chi connectivity index (χ0v) is 16.0. The molecule has 3 N–H and O–H groups in total. The number of piperazine rings is 1. The third-order valence-corrected chi connectivity index (χ3v) is 6.70. The first kappa shape index (κ1) is 17.3. The Kier molecular flexibility index (Phi) is 5.06. The van der Waals surface area contributed by atoms with Crippen molar-refractivity contribution in [3.05, 3.63) is 58.3 Å². The molecule has 4 rings (SSSR count). The van der Waals surface area contributed by atoms with Crippen molar-refractivity contribution in [2.75, 3.05) is 36.8 Å². The molecule has 0 bridgehead atoms. The summed E-state index contributed by atoms with van der Waals surface area (Å²) in [5.41, 5.74) is 8.83. The van der Waals surface area contributed by atoms with Crippen molar-refractivity contribution in [2.24, 2.45) is 0 Å². The van der Waals surface area contributed by atoms with Gasteiger partial charge in [-0.05, 0) is 46.8 Å². The maximum atomic E-state index is 12.8. The molecule has 3 aromatic rings. The highest BCUT2D eigenvalue weighted by Crippen LogP contribution is 2.30. The van der Waals surface area contributed by atoms with Gasteiger partial charge in [-0.3, -0.25) is 4.79 Å². The molecule has 0 spiro atoms. The maximum Gasteiger partial charge on any atom is 0.177 e. The second kappa shape index (κ2) is 7.61. The van der Waals surface area contributed by atoms with E-state index in [1.165, 1.54) is 9.88 Å². The first-order chi connectivity index (χ1) is 12.7. The number of nitrogens with one attached hydrogen (secondary N) is 1. The lowest BCUT2D eigenvalue weighted by Gasteiger charge is -2.27. The Morgan fingerprint density at radius 1 is 1.15 bits per heavy atom. The van der Waals surface area contributed by atoms with Crippen LogP contribution in [0.5, 0.6) is 0 Å². The Morgan fingerprint density at radius 3 is 2.77 bits per heavy atom. The molecule has 26 heavy (non-hydrogen) atoms. The van der Waals surface area contributed by atoms with Gasteiger partial charge < -0.3 is 16.0 Å². The smallest absolute Gasteiger partial charge is 0.177 e. The molecule has 1 aliphatic heterocycles. The quantitative estimate of drug-likeness (QED) is 0.518. The zero-order chi connectivity index (χ0) is 17.9. The van der Waals surface area contributed by atoms with Gasteiger partial charge in [0.2, 0.25) is 0 Å². The van der Waals surface area contributed by atoms with Gasteiger partial charge >= 0.3 is 0 Å². The van der Waals surface area contributed by atoms with Crippen molar-refractivity contribution in [2.45, 2.75) is 6.42 Å². The van der Waals surface area contributed by atoms with Crippen LogP contribution in [0, 0.1) is 0 Å². The number of carbonyl (C=O) groups excluding carboxylic acids is 1. The fraction of sp³-hybridized carbons (Fsp3) is 0.250. The van der Waals surface area contributed by atoms with Gasteiger partial charge in [0, 0.05) is 43.2 Å². The minimum atomic E-state index is 0.131. The van der Waals surface area contributed by atoms with E-state index in [0.717, 1.165) is 42.2 Å². The predicted molar refractivity (Wildman–Crippen MR) is 112 cm³/mol. The first-order valence-corrected chi connectivity index (χ1v) is 10.4. The molecule has 1 aliphatic rings. The topological polar surface area (TPSA) is 58.4 Å². The highest BCUT2D eigenvalue weighted by Gasteiger charge is 2.17. The second-order valence-corrected chi connectivity index (χ2v) is 8.38. The van der Waals surface area contributed by atoms with Gasteiger partial charge in [-0.15, -0.1) is 22.7 Å². The third-order valence-electron chi connectivity index (χ3n) is 4.59. The molecular weight excluding hydrogens is 362 g/mol. The van der Waals surface area contributed by atoms with E-state index >= 15 is 0 Å². The molecular formula is C20H21N3OS2. The summed E-state index contributed by atoms with van der Waals surface area (Å²) in [6.45, 7) is 3.97. The van der Waals surface area contributed by atoms with Gasteiger partial charge in [0.05, 0.1) is 9.88 Å². The molecule has 134 valence electrons. The molecule has 0 unspecified atom stereocenters. The molecule has 0 radical (unpaired) electrons. The highest BCUT2D eigenvalue weighted by atomic mass is 32.1.